The van der Waals surface area contributed by atoms with Gasteiger partial charge in [-0.25, -0.2) is 4.39 Å². The fraction of sp³-hybridized carbons (Fsp3) is 0.553. The number of aliphatic hydroxyl groups is 1. The maximum Gasteiger partial charge on any atom is 0.303 e. The Bertz CT molecular complexity index is 2300. The van der Waals surface area contributed by atoms with E-state index >= 15 is 4.39 Å². The number of nitrogens with zero attached hydrogens (tertiary/aromatic N) is 1. The van der Waals surface area contributed by atoms with Crippen LogP contribution < -0.4 is 5.32 Å². The number of carbonyl (C=O) groups is 9. The number of hydrogen-bond donors (Lipinski definition) is 2. The molecule has 0 radical (unpaired) electrons. The molecule has 2 aromatic rings. The molecular formula is C47H55FN2O22. The van der Waals surface area contributed by atoms with Gasteiger partial charge in [-0.05, 0) is 17.7 Å². The average Bonchev–Trinajstić information content (AvgIpc) is 3.55. The molecule has 6 rings (SSSR count). The summed E-state index contributed by atoms with van der Waals surface area (Å²) in [6.07, 6.45) is -23.8. The van der Waals surface area contributed by atoms with Gasteiger partial charge in [-0.1, -0.05) is 42.5 Å². The Morgan fingerprint density at radius 2 is 1.06 bits per heavy atom. The smallest absolute Gasteiger partial charge is 0.303 e. The van der Waals surface area contributed by atoms with E-state index in [1.165, 1.54) is 24.3 Å². The minimum Gasteiger partial charge on any atom is -0.463 e. The van der Waals surface area contributed by atoms with Gasteiger partial charge in [0.25, 0.3) is 11.8 Å². The summed E-state index contributed by atoms with van der Waals surface area (Å²) in [5, 5.41) is 14.9. The number of alkyl halides is 1. The summed E-state index contributed by atoms with van der Waals surface area (Å²) < 4.78 is 86.1. The first-order chi connectivity index (χ1) is 34.1. The molecule has 0 saturated carbocycles. The highest BCUT2D eigenvalue weighted by molar-refractivity contribution is 6.21. The molecule has 25 heteroatoms. The summed E-state index contributed by atoms with van der Waals surface area (Å²) in [4.78, 5) is 116. The van der Waals surface area contributed by atoms with Gasteiger partial charge in [0, 0.05) is 48.5 Å². The van der Waals surface area contributed by atoms with Gasteiger partial charge in [0.2, 0.25) is 5.91 Å². The summed E-state index contributed by atoms with van der Waals surface area (Å²) >= 11 is 0. The van der Waals surface area contributed by atoms with Gasteiger partial charge < -0.3 is 67.3 Å². The van der Waals surface area contributed by atoms with Crippen LogP contribution in [0.1, 0.15) is 74.7 Å². The fourth-order valence-corrected chi connectivity index (χ4v) is 8.57. The number of fused-ring (bicyclic) bond motifs is 1. The van der Waals surface area contributed by atoms with Gasteiger partial charge in [0.05, 0.1) is 24.3 Å². The summed E-state index contributed by atoms with van der Waals surface area (Å²) in [5.41, 5.74) is 0.500. The second-order valence-corrected chi connectivity index (χ2v) is 16.9. The number of halogens is 1. The monoisotopic (exact) mass is 1020 g/mol. The molecule has 15 atom stereocenters. The third-order valence-electron chi connectivity index (χ3n) is 11.4. The number of aliphatic hydroxyl groups excluding tert-OH is 1. The van der Waals surface area contributed by atoms with Gasteiger partial charge in [-0.2, -0.15) is 0 Å². The quantitative estimate of drug-likeness (QED) is 0.117. The summed E-state index contributed by atoms with van der Waals surface area (Å²) in [5.74, 6) is -8.05. The zero-order chi connectivity index (χ0) is 52.6. The second-order valence-electron chi connectivity index (χ2n) is 16.9. The molecule has 24 nitrogen and oxygen atoms in total. The highest BCUT2D eigenvalue weighted by Gasteiger charge is 2.59. The normalized spacial score (nSPS) is 31.1. The molecule has 4 aliphatic rings. The van der Waals surface area contributed by atoms with Crippen molar-refractivity contribution in [2.75, 3.05) is 19.8 Å². The zero-order valence-electron chi connectivity index (χ0n) is 40.0. The SMILES string of the molecule is CC(=O)N[C@H]1[C@@H](OCc2ccccc2)O[C@H](CO[C@@H]2O[C@H](COC(C)=O)[C@@H](OC(C)=O)[C@H](OC(C)=O)[C@H]2N2C(=O)c3ccccc3C2=O)[C@H](O)[C@@H]1O[C@@H]1O[C@H](COC(C)=O)[C@H](OC(C)=O)[C@H](F)[C@H]1OC(C)=O. The van der Waals surface area contributed by atoms with Gasteiger partial charge in [0.15, 0.2) is 49.5 Å². The number of benzene rings is 2. The molecule has 0 spiro atoms. The minimum atomic E-state index is -2.42. The lowest BCUT2D eigenvalue weighted by molar-refractivity contribution is -0.348. The van der Waals surface area contributed by atoms with E-state index in [1.807, 2.05) is 0 Å². The van der Waals surface area contributed by atoms with Crippen LogP contribution in [0.25, 0.3) is 0 Å². The van der Waals surface area contributed by atoms with Crippen molar-refractivity contribution in [3.63, 3.8) is 0 Å². The first-order valence-corrected chi connectivity index (χ1v) is 22.6. The summed E-state index contributed by atoms with van der Waals surface area (Å²) in [7, 11) is 0. The largest absolute Gasteiger partial charge is 0.463 e. The number of carbonyl (C=O) groups excluding carboxylic acids is 9. The van der Waals surface area contributed by atoms with Crippen LogP contribution in [0.15, 0.2) is 54.6 Å². The van der Waals surface area contributed by atoms with E-state index < -0.39 is 165 Å². The lowest BCUT2D eigenvalue weighted by Gasteiger charge is -2.49. The van der Waals surface area contributed by atoms with E-state index in [1.54, 1.807) is 30.3 Å². The predicted molar refractivity (Wildman–Crippen MR) is 233 cm³/mol. The van der Waals surface area contributed by atoms with Gasteiger partial charge in [-0.3, -0.25) is 48.1 Å². The van der Waals surface area contributed by atoms with Crippen LogP contribution in [0.5, 0.6) is 0 Å². The molecule has 3 fully saturated rings. The molecule has 2 aromatic carbocycles. The molecule has 72 heavy (non-hydrogen) atoms. The number of amides is 3. The molecule has 3 amide bonds. The lowest BCUT2D eigenvalue weighted by atomic mass is 9.94. The van der Waals surface area contributed by atoms with Crippen molar-refractivity contribution < 1.29 is 109 Å². The minimum absolute atomic E-state index is 0.0517. The zero-order valence-corrected chi connectivity index (χ0v) is 40.0. The summed E-state index contributed by atoms with van der Waals surface area (Å²) in [6, 6.07) is 11.0. The number of rotatable bonds is 18. The van der Waals surface area contributed by atoms with Crippen LogP contribution in [0.2, 0.25) is 0 Å². The van der Waals surface area contributed by atoms with E-state index in [-0.39, 0.29) is 17.7 Å². The third kappa shape index (κ3) is 13.3. The van der Waals surface area contributed by atoms with Crippen LogP contribution >= 0.6 is 0 Å². The van der Waals surface area contributed by atoms with Crippen molar-refractivity contribution in [3.05, 3.63) is 71.3 Å². The molecule has 4 heterocycles. The van der Waals surface area contributed by atoms with Crippen molar-refractivity contribution in [1.29, 1.82) is 0 Å². The van der Waals surface area contributed by atoms with E-state index in [0.29, 0.717) is 10.5 Å². The van der Waals surface area contributed by atoms with Crippen LogP contribution in [0.3, 0.4) is 0 Å². The molecule has 3 saturated heterocycles. The highest BCUT2D eigenvalue weighted by Crippen LogP contribution is 2.38. The number of nitrogens with one attached hydrogen (secondary N) is 1. The highest BCUT2D eigenvalue weighted by atomic mass is 19.1. The van der Waals surface area contributed by atoms with E-state index in [4.69, 9.17) is 56.8 Å². The molecule has 0 bridgehead atoms. The maximum absolute atomic E-state index is 16.6. The van der Waals surface area contributed by atoms with E-state index in [0.717, 1.165) is 48.5 Å². The Kier molecular flexibility index (Phi) is 18.5. The maximum atomic E-state index is 16.6. The van der Waals surface area contributed by atoms with Crippen molar-refractivity contribution in [3.8, 4) is 0 Å². The molecule has 392 valence electrons. The molecule has 2 N–H and O–H groups in total. The summed E-state index contributed by atoms with van der Waals surface area (Å²) in [6.45, 7) is 4.84. The molecule has 0 aromatic heterocycles. The Balaban J connectivity index is 1.41. The van der Waals surface area contributed by atoms with Gasteiger partial charge in [0.1, 0.15) is 55.8 Å². The molecule has 4 aliphatic heterocycles. The Labute approximate surface area is 410 Å². The number of esters is 6. The Hall–Kier alpha value is -6.48. The first-order valence-electron chi connectivity index (χ1n) is 22.6. The molecule has 0 unspecified atom stereocenters. The second kappa shape index (κ2) is 24.3. The third-order valence-corrected chi connectivity index (χ3v) is 11.4. The number of imide groups is 1. The predicted octanol–water partition coefficient (Wildman–Crippen LogP) is 0.501. The van der Waals surface area contributed by atoms with Gasteiger partial charge >= 0.3 is 35.8 Å². The number of ether oxygens (including phenoxy) is 12. The Morgan fingerprint density at radius 3 is 1.60 bits per heavy atom. The van der Waals surface area contributed by atoms with Gasteiger partial charge in [-0.15, -0.1) is 0 Å². The standard InChI is InChI=1S/C47H55FN2O22/c1-21(51)49-35-41(72-47-40(67-26(6)56)34(48)38(65-24(4)54)32(71-47)19-61-22(2)52)37(58)31(69-45(35)63-17-28-13-9-8-10-14-28)18-64-46-36(50-43(59)29-15-11-12-16-30(29)44(50)60)42(68-27(7)57)39(66-25(5)55)33(70-46)20-62-23(3)53/h8-16,31-42,45-47,58H,17-20H2,1-7H3,(H,49,51)/t31-,32-,33-,34+,35-,36-,37+,38+,39-,40-,41-,42-,45+,46-,47+/m1/s1. The van der Waals surface area contributed by atoms with Crippen LogP contribution in [-0.4, -0.2) is 175 Å². The van der Waals surface area contributed by atoms with Crippen molar-refractivity contribution in [2.45, 2.75) is 147 Å². The average molecular weight is 1020 g/mol. The van der Waals surface area contributed by atoms with Crippen molar-refractivity contribution >= 4 is 53.5 Å². The van der Waals surface area contributed by atoms with Crippen LogP contribution in [-0.2, 0) is 97.0 Å². The number of hydrogen-bond acceptors (Lipinski definition) is 22. The molecule has 0 aliphatic carbocycles. The topological polar surface area (TPSA) is 300 Å². The van der Waals surface area contributed by atoms with Crippen LogP contribution in [0, 0.1) is 0 Å². The first kappa shape index (κ1) is 54.8. The van der Waals surface area contributed by atoms with E-state index in [2.05, 4.69) is 5.32 Å². The van der Waals surface area contributed by atoms with E-state index in [9.17, 15) is 48.3 Å². The van der Waals surface area contributed by atoms with Crippen molar-refractivity contribution in [1.82, 2.24) is 10.2 Å². The van der Waals surface area contributed by atoms with Crippen molar-refractivity contribution in [2.24, 2.45) is 0 Å². The lowest BCUT2D eigenvalue weighted by Crippen LogP contribution is -2.69. The Morgan fingerprint density at radius 1 is 0.569 bits per heavy atom. The fourth-order valence-electron chi connectivity index (χ4n) is 8.57. The van der Waals surface area contributed by atoms with Crippen LogP contribution in [0.4, 0.5) is 4.39 Å². The molecular weight excluding hydrogens is 964 g/mol.